The van der Waals surface area contributed by atoms with Crippen LogP contribution in [0.2, 0.25) is 5.02 Å². The number of fused-ring (bicyclic) bond motifs is 1. The molecule has 0 saturated heterocycles. The molecule has 0 radical (unpaired) electrons. The molecule has 4 rings (SSSR count). The van der Waals surface area contributed by atoms with Gasteiger partial charge in [0.15, 0.2) is 5.82 Å². The van der Waals surface area contributed by atoms with Crippen LogP contribution in [0.3, 0.4) is 0 Å². The second-order valence-electron chi connectivity index (χ2n) is 7.20. The lowest BCUT2D eigenvalue weighted by Gasteiger charge is -2.19. The fraction of sp³-hybridized carbons (Fsp3) is 0.227. The molecule has 0 saturated carbocycles. The van der Waals surface area contributed by atoms with Gasteiger partial charge >= 0.3 is 0 Å². The summed E-state index contributed by atoms with van der Waals surface area (Å²) in [5.41, 5.74) is 3.48. The van der Waals surface area contributed by atoms with E-state index in [0.29, 0.717) is 39.3 Å². The Kier molecular flexibility index (Phi) is 5.11. The Hall–Kier alpha value is -3.12. The summed E-state index contributed by atoms with van der Waals surface area (Å²) >= 11 is 6.06. The van der Waals surface area contributed by atoms with Crippen LogP contribution in [0.4, 0.5) is 5.69 Å². The highest BCUT2D eigenvalue weighted by molar-refractivity contribution is 6.30. The van der Waals surface area contributed by atoms with Gasteiger partial charge < -0.3 is 14.6 Å². The first kappa shape index (κ1) is 19.2. The zero-order chi connectivity index (χ0) is 20.5. The Labute approximate surface area is 173 Å². The lowest BCUT2D eigenvalue weighted by molar-refractivity contribution is -0.113. The number of carbonyl (C=O) groups excluding carboxylic acids is 1. The number of amides is 1. The fourth-order valence-electron chi connectivity index (χ4n) is 3.06. The normalized spacial score (nSPS) is 12.9. The van der Waals surface area contributed by atoms with E-state index in [1.165, 1.54) is 0 Å². The maximum Gasteiger partial charge on any atom is 0.260 e. The minimum Gasteiger partial charge on any atom is -0.488 e. The predicted octanol–water partition coefficient (Wildman–Crippen LogP) is 5.24. The van der Waals surface area contributed by atoms with Gasteiger partial charge in [0.05, 0.1) is 16.8 Å². The van der Waals surface area contributed by atoms with E-state index in [1.807, 2.05) is 39.0 Å². The molecule has 0 unspecified atom stereocenters. The van der Waals surface area contributed by atoms with Crippen LogP contribution in [0, 0.1) is 6.92 Å². The van der Waals surface area contributed by atoms with Crippen LogP contribution in [0.25, 0.3) is 17.5 Å². The molecular weight excluding hydrogens is 390 g/mol. The average Bonchev–Trinajstić information content (AvgIpc) is 3.19. The molecule has 1 aliphatic rings. The minimum atomic E-state index is -0.255. The van der Waals surface area contributed by atoms with Crippen LogP contribution in [0.5, 0.6) is 5.75 Å². The van der Waals surface area contributed by atoms with E-state index >= 15 is 0 Å². The van der Waals surface area contributed by atoms with Crippen LogP contribution in [0.1, 0.15) is 36.7 Å². The largest absolute Gasteiger partial charge is 0.488 e. The van der Waals surface area contributed by atoms with Crippen molar-refractivity contribution in [2.75, 3.05) is 11.9 Å². The topological polar surface area (TPSA) is 77.3 Å². The summed E-state index contributed by atoms with van der Waals surface area (Å²) in [5, 5.41) is 7.59. The number of ether oxygens (including phenoxy) is 1. The monoisotopic (exact) mass is 409 g/mol. The first-order chi connectivity index (χ1) is 13.9. The van der Waals surface area contributed by atoms with Crippen LogP contribution in [0.15, 0.2) is 46.5 Å². The second kappa shape index (κ2) is 7.72. The summed E-state index contributed by atoms with van der Waals surface area (Å²) in [4.78, 5) is 17.4. The van der Waals surface area contributed by atoms with E-state index in [4.69, 9.17) is 20.9 Å². The van der Waals surface area contributed by atoms with E-state index in [2.05, 4.69) is 15.5 Å². The number of rotatable bonds is 4. The smallest absolute Gasteiger partial charge is 0.260 e. The zero-order valence-corrected chi connectivity index (χ0v) is 17.1. The number of benzene rings is 2. The van der Waals surface area contributed by atoms with Crippen molar-refractivity contribution in [3.8, 4) is 17.2 Å². The summed E-state index contributed by atoms with van der Waals surface area (Å²) in [6, 6.07) is 11.0. The van der Waals surface area contributed by atoms with E-state index in [1.54, 1.807) is 24.3 Å². The lowest BCUT2D eigenvalue weighted by atomic mass is 10.0. The highest BCUT2D eigenvalue weighted by atomic mass is 35.5. The molecule has 29 heavy (non-hydrogen) atoms. The van der Waals surface area contributed by atoms with Gasteiger partial charge in [-0.3, -0.25) is 4.79 Å². The maximum absolute atomic E-state index is 13.0. The van der Waals surface area contributed by atoms with E-state index in [0.717, 1.165) is 11.1 Å². The SMILES string of the molecule is Cc1cccc(-c2nc(C(C)C)no2)c1NC(=O)C1=Cc2cc(Cl)ccc2OC1. The van der Waals surface area contributed by atoms with Gasteiger partial charge in [0.1, 0.15) is 12.4 Å². The van der Waals surface area contributed by atoms with Crippen molar-refractivity contribution in [3.63, 3.8) is 0 Å². The van der Waals surface area contributed by atoms with Crippen molar-refractivity contribution in [2.24, 2.45) is 0 Å². The van der Waals surface area contributed by atoms with Gasteiger partial charge in [0, 0.05) is 16.5 Å². The number of carbonyl (C=O) groups is 1. The summed E-state index contributed by atoms with van der Waals surface area (Å²) in [7, 11) is 0. The molecule has 1 N–H and O–H groups in total. The number of nitrogens with zero attached hydrogens (tertiary/aromatic N) is 2. The Morgan fingerprint density at radius 2 is 2.07 bits per heavy atom. The highest BCUT2D eigenvalue weighted by Crippen LogP contribution is 2.33. The Morgan fingerprint density at radius 3 is 2.83 bits per heavy atom. The molecule has 2 heterocycles. The first-order valence-corrected chi connectivity index (χ1v) is 9.68. The molecule has 1 amide bonds. The molecule has 0 atom stereocenters. The molecule has 1 aliphatic heterocycles. The summed E-state index contributed by atoms with van der Waals surface area (Å²) in [6.07, 6.45) is 1.79. The average molecular weight is 410 g/mol. The van der Waals surface area contributed by atoms with Gasteiger partial charge in [-0.1, -0.05) is 42.7 Å². The number of para-hydroxylation sites is 1. The van der Waals surface area contributed by atoms with Crippen molar-refractivity contribution >= 4 is 29.3 Å². The van der Waals surface area contributed by atoms with Crippen LogP contribution in [-0.2, 0) is 4.79 Å². The van der Waals surface area contributed by atoms with Crippen molar-refractivity contribution in [1.82, 2.24) is 10.1 Å². The van der Waals surface area contributed by atoms with Crippen molar-refractivity contribution in [1.29, 1.82) is 0 Å². The highest BCUT2D eigenvalue weighted by Gasteiger charge is 2.21. The Morgan fingerprint density at radius 1 is 1.24 bits per heavy atom. The number of nitrogens with one attached hydrogen (secondary N) is 1. The van der Waals surface area contributed by atoms with Gasteiger partial charge in [-0.2, -0.15) is 4.98 Å². The number of anilines is 1. The Bertz CT molecular complexity index is 1120. The molecule has 0 aliphatic carbocycles. The van der Waals surface area contributed by atoms with Crippen molar-refractivity contribution < 1.29 is 14.1 Å². The number of hydrogen-bond acceptors (Lipinski definition) is 5. The molecular formula is C22H20ClN3O3. The zero-order valence-electron chi connectivity index (χ0n) is 16.3. The van der Waals surface area contributed by atoms with Gasteiger partial charge in [-0.25, -0.2) is 0 Å². The molecule has 148 valence electrons. The molecule has 0 spiro atoms. The fourth-order valence-corrected chi connectivity index (χ4v) is 3.24. The molecule has 0 bridgehead atoms. The van der Waals surface area contributed by atoms with Crippen LogP contribution >= 0.6 is 11.6 Å². The number of aromatic nitrogens is 2. The van der Waals surface area contributed by atoms with Gasteiger partial charge in [0.2, 0.25) is 0 Å². The molecule has 6 nitrogen and oxygen atoms in total. The molecule has 3 aromatic rings. The van der Waals surface area contributed by atoms with Gasteiger partial charge in [-0.05, 0) is 42.8 Å². The first-order valence-electron chi connectivity index (χ1n) is 9.30. The third-order valence-corrected chi connectivity index (χ3v) is 4.91. The van der Waals surface area contributed by atoms with Crippen molar-refractivity contribution in [2.45, 2.75) is 26.7 Å². The third-order valence-electron chi connectivity index (χ3n) is 4.68. The summed E-state index contributed by atoms with van der Waals surface area (Å²) in [5.74, 6) is 1.59. The van der Waals surface area contributed by atoms with E-state index < -0.39 is 0 Å². The number of hydrogen-bond donors (Lipinski definition) is 1. The Balaban J connectivity index is 1.65. The van der Waals surface area contributed by atoms with Gasteiger partial charge in [-0.15, -0.1) is 0 Å². The standard InChI is InChI=1S/C22H20ClN3O3/c1-12(2)20-25-22(29-26-20)17-6-4-5-13(3)19(17)24-21(27)15-9-14-10-16(23)7-8-18(14)28-11-15/h4-10,12H,11H2,1-3H3,(H,24,27). The van der Waals surface area contributed by atoms with Crippen molar-refractivity contribution in [3.05, 3.63) is 63.9 Å². The summed E-state index contributed by atoms with van der Waals surface area (Å²) in [6.45, 7) is 6.08. The van der Waals surface area contributed by atoms with E-state index in [-0.39, 0.29) is 18.4 Å². The van der Waals surface area contributed by atoms with Crippen LogP contribution in [-0.4, -0.2) is 22.7 Å². The molecule has 0 fully saturated rings. The predicted molar refractivity (Wildman–Crippen MR) is 112 cm³/mol. The second-order valence-corrected chi connectivity index (χ2v) is 7.64. The number of aryl methyl sites for hydroxylation is 1. The van der Waals surface area contributed by atoms with E-state index in [9.17, 15) is 4.79 Å². The third kappa shape index (κ3) is 3.89. The quantitative estimate of drug-likeness (QED) is 0.637. The lowest BCUT2D eigenvalue weighted by Crippen LogP contribution is -2.22. The van der Waals surface area contributed by atoms with Crippen LogP contribution < -0.4 is 10.1 Å². The maximum atomic E-state index is 13.0. The number of halogens is 1. The minimum absolute atomic E-state index is 0.145. The molecule has 7 heteroatoms. The summed E-state index contributed by atoms with van der Waals surface area (Å²) < 4.78 is 11.1. The molecule has 1 aromatic heterocycles. The molecule has 2 aromatic carbocycles. The van der Waals surface area contributed by atoms with Gasteiger partial charge in [0.25, 0.3) is 11.8 Å².